The van der Waals surface area contributed by atoms with Crippen molar-refractivity contribution in [3.05, 3.63) is 35.0 Å². The molecule has 1 aromatic heterocycles. The summed E-state index contributed by atoms with van der Waals surface area (Å²) in [5, 5.41) is 0.915. The van der Waals surface area contributed by atoms with Crippen molar-refractivity contribution in [1.82, 2.24) is 9.29 Å². The maximum atomic E-state index is 13.8. The number of nitrogens with one attached hydrogen (secondary N) is 1. The van der Waals surface area contributed by atoms with Crippen molar-refractivity contribution >= 4 is 33.5 Å². The predicted octanol–water partition coefficient (Wildman–Crippen LogP) is 5.61. The standard InChI is InChI=1S/C18H24ClF3N2OS/c1-11(2)9-24-10-14(13-7-6-12(19)8-15(13)24)16(18(20,21)22)23-26(25)17(3,4)5/h6-8,10-11,16,23H,9H2,1-5H3/t16-,26-/m0/s1. The van der Waals surface area contributed by atoms with E-state index in [9.17, 15) is 17.4 Å². The highest BCUT2D eigenvalue weighted by Gasteiger charge is 2.44. The van der Waals surface area contributed by atoms with Crippen molar-refractivity contribution < 1.29 is 17.4 Å². The van der Waals surface area contributed by atoms with Gasteiger partial charge in [-0.05, 0) is 38.8 Å². The molecule has 3 nitrogen and oxygen atoms in total. The maximum absolute atomic E-state index is 13.8. The van der Waals surface area contributed by atoms with E-state index < -0.39 is 28.0 Å². The molecular formula is C18H24ClF3N2OS. The Morgan fingerprint density at radius 2 is 1.85 bits per heavy atom. The van der Waals surface area contributed by atoms with Crippen LogP contribution in [0.5, 0.6) is 0 Å². The molecule has 0 bridgehead atoms. The SMILES string of the molecule is CC(C)Cn1cc([C@H](N[S@@](=O)C(C)(C)C)C(F)(F)F)c2ccc(Cl)cc21. The molecular weight excluding hydrogens is 385 g/mol. The molecule has 1 N–H and O–H groups in total. The number of hydrogen-bond donors (Lipinski definition) is 1. The fourth-order valence-corrected chi connectivity index (χ4v) is 3.65. The Labute approximate surface area is 159 Å². The first-order valence-electron chi connectivity index (χ1n) is 8.33. The average Bonchev–Trinajstić information content (AvgIpc) is 2.79. The molecule has 0 radical (unpaired) electrons. The van der Waals surface area contributed by atoms with Crippen LogP contribution in [0.3, 0.4) is 0 Å². The minimum Gasteiger partial charge on any atom is -0.347 e. The maximum Gasteiger partial charge on any atom is 0.408 e. The molecule has 0 aliphatic carbocycles. The fourth-order valence-electron chi connectivity index (χ4n) is 2.66. The monoisotopic (exact) mass is 408 g/mol. The largest absolute Gasteiger partial charge is 0.408 e. The highest BCUT2D eigenvalue weighted by atomic mass is 35.5. The van der Waals surface area contributed by atoms with Gasteiger partial charge in [-0.2, -0.15) is 13.2 Å². The van der Waals surface area contributed by atoms with Gasteiger partial charge in [-0.1, -0.05) is 31.5 Å². The molecule has 8 heteroatoms. The smallest absolute Gasteiger partial charge is 0.347 e. The number of aromatic nitrogens is 1. The van der Waals surface area contributed by atoms with Crippen LogP contribution in [0.1, 0.15) is 46.2 Å². The third kappa shape index (κ3) is 4.81. The third-order valence-corrected chi connectivity index (χ3v) is 5.65. The summed E-state index contributed by atoms with van der Waals surface area (Å²) < 4.78 is 57.0. The van der Waals surface area contributed by atoms with E-state index in [0.29, 0.717) is 22.5 Å². The zero-order valence-electron chi connectivity index (χ0n) is 15.4. The van der Waals surface area contributed by atoms with Crippen LogP contribution in [0.25, 0.3) is 10.9 Å². The molecule has 0 unspecified atom stereocenters. The summed E-state index contributed by atoms with van der Waals surface area (Å²) in [7, 11) is -1.87. The Kier molecular flexibility index (Phi) is 6.15. The molecule has 0 saturated heterocycles. The lowest BCUT2D eigenvalue weighted by atomic mass is 10.1. The summed E-state index contributed by atoms with van der Waals surface area (Å²) >= 11 is 6.05. The van der Waals surface area contributed by atoms with Gasteiger partial charge in [0.2, 0.25) is 0 Å². The van der Waals surface area contributed by atoms with Crippen LogP contribution in [0, 0.1) is 5.92 Å². The van der Waals surface area contributed by atoms with E-state index in [1.54, 1.807) is 43.5 Å². The molecule has 0 aliphatic heterocycles. The van der Waals surface area contributed by atoms with Crippen LogP contribution in [0.15, 0.2) is 24.4 Å². The molecule has 0 saturated carbocycles. The van der Waals surface area contributed by atoms with Crippen LogP contribution < -0.4 is 4.72 Å². The number of rotatable bonds is 5. The zero-order chi connectivity index (χ0) is 19.9. The molecule has 1 aromatic carbocycles. The van der Waals surface area contributed by atoms with Crippen molar-refractivity contribution in [2.75, 3.05) is 0 Å². The van der Waals surface area contributed by atoms with Gasteiger partial charge in [-0.15, -0.1) is 0 Å². The van der Waals surface area contributed by atoms with E-state index in [2.05, 4.69) is 4.72 Å². The first-order chi connectivity index (χ1) is 11.8. The Hall–Kier alpha value is -1.05. The molecule has 0 spiro atoms. The normalized spacial score (nSPS) is 15.6. The fraction of sp³-hybridized carbons (Fsp3) is 0.556. The lowest BCUT2D eigenvalue weighted by Gasteiger charge is -2.25. The average molecular weight is 409 g/mol. The van der Waals surface area contributed by atoms with Crippen molar-refractivity contribution in [3.63, 3.8) is 0 Å². The van der Waals surface area contributed by atoms with E-state index in [1.807, 2.05) is 13.8 Å². The highest BCUT2D eigenvalue weighted by Crippen LogP contribution is 2.39. The lowest BCUT2D eigenvalue weighted by Crippen LogP contribution is -2.41. The van der Waals surface area contributed by atoms with Crippen LogP contribution in [-0.4, -0.2) is 19.7 Å². The summed E-state index contributed by atoms with van der Waals surface area (Å²) in [5.74, 6) is 0.249. The third-order valence-electron chi connectivity index (χ3n) is 3.86. The quantitative estimate of drug-likeness (QED) is 0.685. The van der Waals surface area contributed by atoms with Gasteiger partial charge in [-0.3, -0.25) is 0 Å². The Morgan fingerprint density at radius 1 is 1.23 bits per heavy atom. The van der Waals surface area contributed by atoms with Crippen LogP contribution in [0.2, 0.25) is 5.02 Å². The van der Waals surface area contributed by atoms with Gasteiger partial charge < -0.3 is 4.57 Å². The second kappa shape index (κ2) is 7.52. The van der Waals surface area contributed by atoms with Crippen molar-refractivity contribution in [3.8, 4) is 0 Å². The number of benzene rings is 1. The molecule has 1 heterocycles. The number of nitrogens with zero attached hydrogens (tertiary/aromatic N) is 1. The van der Waals surface area contributed by atoms with E-state index in [1.165, 1.54) is 6.20 Å². The Bertz CT molecular complexity index is 809. The number of halogens is 4. The molecule has 146 valence electrons. The minimum absolute atomic E-state index is 0.0578. The Morgan fingerprint density at radius 3 is 2.35 bits per heavy atom. The van der Waals surface area contributed by atoms with Crippen LogP contribution in [0.4, 0.5) is 13.2 Å². The van der Waals surface area contributed by atoms with E-state index in [0.717, 1.165) is 0 Å². The predicted molar refractivity (Wildman–Crippen MR) is 102 cm³/mol. The minimum atomic E-state index is -4.59. The summed E-state index contributed by atoms with van der Waals surface area (Å²) in [6, 6.07) is 2.79. The Balaban J connectivity index is 2.61. The van der Waals surface area contributed by atoms with Gasteiger partial charge in [0.15, 0.2) is 0 Å². The molecule has 0 aliphatic rings. The van der Waals surface area contributed by atoms with Gasteiger partial charge in [0.1, 0.15) is 6.04 Å². The second-order valence-corrected chi connectivity index (χ2v) is 10.2. The first-order valence-corrected chi connectivity index (χ1v) is 9.86. The van der Waals surface area contributed by atoms with Crippen molar-refractivity contribution in [2.45, 2.75) is 58.1 Å². The van der Waals surface area contributed by atoms with E-state index >= 15 is 0 Å². The topological polar surface area (TPSA) is 34.0 Å². The highest BCUT2D eigenvalue weighted by molar-refractivity contribution is 7.84. The molecule has 0 fully saturated rings. The van der Waals surface area contributed by atoms with Crippen LogP contribution in [-0.2, 0) is 17.5 Å². The molecule has 2 rings (SSSR count). The number of fused-ring (bicyclic) bond motifs is 1. The summed E-state index contributed by atoms with van der Waals surface area (Å²) in [5.41, 5.74) is 0.696. The lowest BCUT2D eigenvalue weighted by molar-refractivity contribution is -0.152. The molecule has 2 aromatic rings. The molecule has 0 amide bonds. The van der Waals surface area contributed by atoms with E-state index in [4.69, 9.17) is 11.6 Å². The van der Waals surface area contributed by atoms with Gasteiger partial charge in [-0.25, -0.2) is 8.93 Å². The van der Waals surface area contributed by atoms with Crippen LogP contribution >= 0.6 is 11.6 Å². The van der Waals surface area contributed by atoms with Gasteiger partial charge in [0.25, 0.3) is 0 Å². The summed E-state index contributed by atoms with van der Waals surface area (Å²) in [6.45, 7) is 9.43. The summed E-state index contributed by atoms with van der Waals surface area (Å²) in [6.07, 6.45) is -3.09. The molecule has 26 heavy (non-hydrogen) atoms. The van der Waals surface area contributed by atoms with Gasteiger partial charge in [0.05, 0.1) is 15.7 Å². The van der Waals surface area contributed by atoms with Crippen molar-refractivity contribution in [1.29, 1.82) is 0 Å². The number of hydrogen-bond acceptors (Lipinski definition) is 1. The molecule has 2 atom stereocenters. The van der Waals surface area contributed by atoms with Crippen molar-refractivity contribution in [2.24, 2.45) is 5.92 Å². The van der Waals surface area contributed by atoms with Gasteiger partial charge in [0, 0.05) is 34.2 Å². The summed E-state index contributed by atoms with van der Waals surface area (Å²) in [4.78, 5) is 0. The van der Waals surface area contributed by atoms with E-state index in [-0.39, 0.29) is 11.5 Å². The first kappa shape index (κ1) is 21.3. The second-order valence-electron chi connectivity index (χ2n) is 7.77. The zero-order valence-corrected chi connectivity index (χ0v) is 17.0. The number of alkyl halides is 3. The van der Waals surface area contributed by atoms with Gasteiger partial charge >= 0.3 is 6.18 Å².